The van der Waals surface area contributed by atoms with Gasteiger partial charge in [0.15, 0.2) is 0 Å². The minimum Gasteiger partial charge on any atom is -0.390 e. The number of para-hydroxylation sites is 1. The van der Waals surface area contributed by atoms with Crippen molar-refractivity contribution in [2.45, 2.75) is 111 Å². The summed E-state index contributed by atoms with van der Waals surface area (Å²) in [6.45, 7) is 9.24. The van der Waals surface area contributed by atoms with Crippen molar-refractivity contribution in [2.24, 2.45) is 0 Å². The minimum absolute atomic E-state index is 0.152. The second-order valence-electron chi connectivity index (χ2n) is 14.2. The van der Waals surface area contributed by atoms with E-state index >= 15 is 0 Å². The van der Waals surface area contributed by atoms with Gasteiger partial charge in [-0.05, 0) is 91.4 Å². The highest BCUT2D eigenvalue weighted by atomic mass is 32.2. The van der Waals surface area contributed by atoms with Gasteiger partial charge in [0.25, 0.3) is 0 Å². The highest BCUT2D eigenvalue weighted by Crippen LogP contribution is 2.52. The van der Waals surface area contributed by atoms with Crippen molar-refractivity contribution in [1.29, 1.82) is 0 Å². The van der Waals surface area contributed by atoms with Crippen molar-refractivity contribution in [3.8, 4) is 11.1 Å². The molecule has 11 heteroatoms. The van der Waals surface area contributed by atoms with Crippen LogP contribution in [-0.4, -0.2) is 50.7 Å². The first-order chi connectivity index (χ1) is 26.3. The van der Waals surface area contributed by atoms with Gasteiger partial charge in [-0.2, -0.15) is 0 Å². The van der Waals surface area contributed by atoms with Crippen LogP contribution >= 0.6 is 23.5 Å². The normalized spacial score (nSPS) is 13.2. The number of carbonyl (C=O) groups excluding carboxylic acids is 1. The zero-order chi connectivity index (χ0) is 37.9. The van der Waals surface area contributed by atoms with Crippen LogP contribution < -0.4 is 20.4 Å². The van der Waals surface area contributed by atoms with E-state index < -0.39 is 8.80 Å². The van der Waals surface area contributed by atoms with E-state index in [9.17, 15) is 14.4 Å². The molecule has 2 aliphatic rings. The standard InChI is InChI=1S/C43H56N4O4S2Si/c1-4-7-9-13-25-46-35-16-11-12-17-39(35)52-41-29-33(19-22-37(41)46)34-20-23-38-42(30-34)53-40-28-32(18-21-36(40)47(38)26-14-10-8-5-2)31-45-43(48)44-24-15-27-54(49,50)51-6-3/h11-12,16-23,28-30,49-50H,4-10,13-15,24-27,31H2,1-3H3,(H2,44,45,48). The fraction of sp³-hybridized carbons (Fsp3) is 0.419. The lowest BCUT2D eigenvalue weighted by molar-refractivity contribution is 0.155. The van der Waals surface area contributed by atoms with E-state index in [0.29, 0.717) is 19.5 Å². The number of rotatable bonds is 19. The Kier molecular flexibility index (Phi) is 14.5. The Bertz CT molecular complexity index is 1880. The Balaban J connectivity index is 1.19. The van der Waals surface area contributed by atoms with Gasteiger partial charge in [0.05, 0.1) is 22.7 Å². The molecule has 2 amide bonds. The summed E-state index contributed by atoms with van der Waals surface area (Å²) < 4.78 is 5.04. The number of hydrogen-bond acceptors (Lipinski definition) is 8. The number of benzene rings is 4. The number of urea groups is 1. The molecular formula is C43H56N4O4S2Si. The fourth-order valence-corrected chi connectivity index (χ4v) is 10.8. The number of anilines is 4. The van der Waals surface area contributed by atoms with Crippen LogP contribution in [0.3, 0.4) is 0 Å². The first-order valence-electron chi connectivity index (χ1n) is 19.8. The van der Waals surface area contributed by atoms with Crippen molar-refractivity contribution in [3.63, 3.8) is 0 Å². The summed E-state index contributed by atoms with van der Waals surface area (Å²) in [6.07, 6.45) is 10.2. The van der Waals surface area contributed by atoms with E-state index in [-0.39, 0.29) is 18.7 Å². The van der Waals surface area contributed by atoms with E-state index in [2.05, 4.69) is 113 Å². The summed E-state index contributed by atoms with van der Waals surface area (Å²) in [5.74, 6) is 0. The topological polar surface area (TPSA) is 97.3 Å². The number of carbonyl (C=O) groups is 1. The van der Waals surface area contributed by atoms with E-state index in [4.69, 9.17) is 4.43 Å². The minimum atomic E-state index is -3.64. The zero-order valence-corrected chi connectivity index (χ0v) is 34.7. The van der Waals surface area contributed by atoms with Crippen molar-refractivity contribution < 1.29 is 18.8 Å². The molecule has 0 bridgehead atoms. The molecule has 8 nitrogen and oxygen atoms in total. The molecule has 0 aromatic heterocycles. The Morgan fingerprint density at radius 2 is 1.20 bits per heavy atom. The number of unbranched alkanes of at least 4 members (excludes halogenated alkanes) is 6. The molecule has 0 fully saturated rings. The highest BCUT2D eigenvalue weighted by Gasteiger charge is 2.31. The molecule has 0 unspecified atom stereocenters. The summed E-state index contributed by atoms with van der Waals surface area (Å²) in [6, 6.07) is 29.1. The molecule has 0 spiro atoms. The number of hydrogen-bond donors (Lipinski definition) is 4. The van der Waals surface area contributed by atoms with Crippen LogP contribution in [0.4, 0.5) is 27.5 Å². The summed E-state index contributed by atoms with van der Waals surface area (Å²) in [7, 11) is -3.64. The van der Waals surface area contributed by atoms with Crippen LogP contribution in [-0.2, 0) is 11.0 Å². The van der Waals surface area contributed by atoms with Crippen molar-refractivity contribution >= 4 is 61.1 Å². The molecule has 0 aliphatic carbocycles. The van der Waals surface area contributed by atoms with E-state index in [1.54, 1.807) is 18.7 Å². The first-order valence-corrected chi connectivity index (χ1v) is 23.5. The molecule has 4 N–H and O–H groups in total. The molecule has 54 heavy (non-hydrogen) atoms. The Morgan fingerprint density at radius 1 is 0.648 bits per heavy atom. The van der Waals surface area contributed by atoms with Gasteiger partial charge in [-0.25, -0.2) is 4.79 Å². The van der Waals surface area contributed by atoms with Gasteiger partial charge in [-0.1, -0.05) is 106 Å². The Labute approximate surface area is 331 Å². The lowest BCUT2D eigenvalue weighted by Gasteiger charge is -2.34. The molecule has 4 aromatic carbocycles. The molecule has 288 valence electrons. The third-order valence-electron chi connectivity index (χ3n) is 10.0. The van der Waals surface area contributed by atoms with Crippen molar-refractivity contribution in [1.82, 2.24) is 10.6 Å². The molecule has 2 aliphatic heterocycles. The van der Waals surface area contributed by atoms with Crippen LogP contribution in [0, 0.1) is 0 Å². The molecule has 0 saturated heterocycles. The lowest BCUT2D eigenvalue weighted by atomic mass is 10.0. The molecule has 0 atom stereocenters. The predicted molar refractivity (Wildman–Crippen MR) is 227 cm³/mol. The predicted octanol–water partition coefficient (Wildman–Crippen LogP) is 10.9. The zero-order valence-electron chi connectivity index (χ0n) is 32.0. The smallest absolute Gasteiger partial charge is 0.390 e. The third kappa shape index (κ3) is 10.2. The van der Waals surface area contributed by atoms with Crippen molar-refractivity contribution in [3.05, 3.63) is 84.4 Å². The van der Waals surface area contributed by atoms with Gasteiger partial charge < -0.3 is 34.5 Å². The lowest BCUT2D eigenvalue weighted by Crippen LogP contribution is -2.40. The van der Waals surface area contributed by atoms with Gasteiger partial charge in [0, 0.05) is 58.4 Å². The number of nitrogens with zero attached hydrogens (tertiary/aromatic N) is 2. The maximum Gasteiger partial charge on any atom is 0.495 e. The highest BCUT2D eigenvalue weighted by molar-refractivity contribution is 8.00. The molecule has 6 rings (SSSR count). The van der Waals surface area contributed by atoms with Crippen LogP contribution in [0.25, 0.3) is 11.1 Å². The van der Waals surface area contributed by atoms with Crippen LogP contribution in [0.15, 0.2) is 98.4 Å². The summed E-state index contributed by atoms with van der Waals surface area (Å²) in [5.41, 5.74) is 8.54. The second-order valence-corrected chi connectivity index (χ2v) is 18.6. The van der Waals surface area contributed by atoms with Gasteiger partial charge in [-0.15, -0.1) is 0 Å². The monoisotopic (exact) mass is 784 g/mol. The first kappa shape index (κ1) is 40.2. The van der Waals surface area contributed by atoms with Crippen LogP contribution in [0.1, 0.15) is 84.1 Å². The van der Waals surface area contributed by atoms with Gasteiger partial charge in [-0.3, -0.25) is 0 Å². The average molecular weight is 785 g/mol. The van der Waals surface area contributed by atoms with Gasteiger partial charge in [0.1, 0.15) is 0 Å². The van der Waals surface area contributed by atoms with E-state index in [0.717, 1.165) is 25.1 Å². The number of amides is 2. The maximum absolute atomic E-state index is 12.6. The summed E-state index contributed by atoms with van der Waals surface area (Å²) in [4.78, 5) is 42.4. The second kappa shape index (κ2) is 19.4. The fourth-order valence-electron chi connectivity index (χ4n) is 7.18. The molecule has 4 aromatic rings. The average Bonchev–Trinajstić information content (AvgIpc) is 3.17. The van der Waals surface area contributed by atoms with Crippen LogP contribution in [0.5, 0.6) is 0 Å². The molecule has 2 heterocycles. The summed E-state index contributed by atoms with van der Waals surface area (Å²) in [5, 5.41) is 5.79. The largest absolute Gasteiger partial charge is 0.495 e. The van der Waals surface area contributed by atoms with Gasteiger partial charge in [0.2, 0.25) is 0 Å². The quantitative estimate of drug-likeness (QED) is 0.0551. The Hall–Kier alpha value is -3.45. The van der Waals surface area contributed by atoms with Crippen LogP contribution in [0.2, 0.25) is 6.04 Å². The molecule has 0 saturated carbocycles. The van der Waals surface area contributed by atoms with E-state index in [1.807, 2.05) is 11.8 Å². The molecule has 0 radical (unpaired) electrons. The summed E-state index contributed by atoms with van der Waals surface area (Å²) >= 11 is 3.68. The maximum atomic E-state index is 12.6. The Morgan fingerprint density at radius 3 is 1.81 bits per heavy atom. The van der Waals surface area contributed by atoms with Crippen molar-refractivity contribution in [2.75, 3.05) is 36.0 Å². The number of fused-ring (bicyclic) bond motifs is 4. The molecular weight excluding hydrogens is 729 g/mol. The number of nitrogens with one attached hydrogen (secondary N) is 2. The van der Waals surface area contributed by atoms with E-state index in [1.165, 1.54) is 98.4 Å². The third-order valence-corrected chi connectivity index (χ3v) is 14.0. The van der Waals surface area contributed by atoms with Gasteiger partial charge >= 0.3 is 14.8 Å². The SMILES string of the molecule is CCCCCCN1c2ccccc2Sc2cc(-c3ccc4c(c3)Sc3cc(CNC(=O)NCCC[Si](O)(O)OCC)ccc3N4CCCCCC)ccc21.